The molecule has 1 saturated heterocycles. The molecule has 23 heavy (non-hydrogen) atoms. The molecule has 1 aliphatic heterocycles. The van der Waals surface area contributed by atoms with Crippen molar-refractivity contribution < 1.29 is 9.53 Å². The van der Waals surface area contributed by atoms with Crippen LogP contribution in [0.25, 0.3) is 0 Å². The highest BCUT2D eigenvalue weighted by Crippen LogP contribution is 2.23. The van der Waals surface area contributed by atoms with Gasteiger partial charge in [-0.05, 0) is 38.8 Å². The number of hydrogen-bond acceptors (Lipinski definition) is 4. The lowest BCUT2D eigenvalue weighted by Crippen LogP contribution is -2.39. The van der Waals surface area contributed by atoms with Crippen molar-refractivity contribution in [3.63, 3.8) is 0 Å². The Morgan fingerprint density at radius 1 is 1.43 bits per heavy atom. The molecule has 1 amide bonds. The molecule has 3 rings (SSSR count). The predicted molar refractivity (Wildman–Crippen MR) is 86.5 cm³/mol. The summed E-state index contributed by atoms with van der Waals surface area (Å²) >= 11 is 0. The molecule has 6 heteroatoms. The average Bonchev–Trinajstić information content (AvgIpc) is 3.14. The Balaban J connectivity index is 1.69. The SMILES string of the molecule is Cc1ncccc1OC[C@H]1CCCN1C(=O)c1cnn(C)c1C. The lowest BCUT2D eigenvalue weighted by Gasteiger charge is -2.25. The zero-order valence-electron chi connectivity index (χ0n) is 13.8. The van der Waals surface area contributed by atoms with E-state index in [0.29, 0.717) is 12.2 Å². The third-order valence-corrected chi connectivity index (χ3v) is 4.49. The van der Waals surface area contributed by atoms with Crippen LogP contribution in [0, 0.1) is 13.8 Å². The van der Waals surface area contributed by atoms with Crippen LogP contribution in [0.5, 0.6) is 5.75 Å². The number of amides is 1. The summed E-state index contributed by atoms with van der Waals surface area (Å²) in [5.74, 6) is 0.828. The number of hydrogen-bond donors (Lipinski definition) is 0. The Bertz CT molecular complexity index is 710. The lowest BCUT2D eigenvalue weighted by molar-refractivity contribution is 0.0690. The second-order valence-electron chi connectivity index (χ2n) is 5.96. The Morgan fingerprint density at radius 2 is 2.26 bits per heavy atom. The third kappa shape index (κ3) is 3.06. The van der Waals surface area contributed by atoms with E-state index < -0.39 is 0 Å². The monoisotopic (exact) mass is 314 g/mol. The van der Waals surface area contributed by atoms with Crippen molar-refractivity contribution >= 4 is 5.91 Å². The molecule has 2 aromatic rings. The maximum Gasteiger partial charge on any atom is 0.257 e. The number of ether oxygens (including phenoxy) is 1. The first-order valence-corrected chi connectivity index (χ1v) is 7.92. The molecular weight excluding hydrogens is 292 g/mol. The standard InChI is InChI=1S/C17H22N4O2/c1-12-16(7-4-8-18-12)23-11-14-6-5-9-21(14)17(22)15-10-19-20(3)13(15)2/h4,7-8,10,14H,5-6,9,11H2,1-3H3/t14-/m1/s1. The van der Waals surface area contributed by atoms with Crippen LogP contribution >= 0.6 is 0 Å². The quantitative estimate of drug-likeness (QED) is 0.867. The van der Waals surface area contributed by atoms with E-state index in [2.05, 4.69) is 10.1 Å². The molecule has 0 radical (unpaired) electrons. The highest BCUT2D eigenvalue weighted by atomic mass is 16.5. The fourth-order valence-electron chi connectivity index (χ4n) is 2.95. The molecule has 0 bridgehead atoms. The minimum atomic E-state index is 0.0459. The van der Waals surface area contributed by atoms with Gasteiger partial charge < -0.3 is 9.64 Å². The van der Waals surface area contributed by atoms with E-state index in [1.165, 1.54) is 0 Å². The van der Waals surface area contributed by atoms with E-state index in [1.54, 1.807) is 17.1 Å². The molecule has 2 aromatic heterocycles. The molecule has 1 atom stereocenters. The van der Waals surface area contributed by atoms with Crippen LogP contribution in [0.2, 0.25) is 0 Å². The smallest absolute Gasteiger partial charge is 0.257 e. The second-order valence-corrected chi connectivity index (χ2v) is 5.96. The van der Waals surface area contributed by atoms with E-state index in [-0.39, 0.29) is 11.9 Å². The van der Waals surface area contributed by atoms with Gasteiger partial charge in [0.15, 0.2) is 0 Å². The Hall–Kier alpha value is -2.37. The zero-order chi connectivity index (χ0) is 16.4. The van der Waals surface area contributed by atoms with Gasteiger partial charge in [0.1, 0.15) is 12.4 Å². The van der Waals surface area contributed by atoms with Gasteiger partial charge >= 0.3 is 0 Å². The van der Waals surface area contributed by atoms with Crippen molar-refractivity contribution in [1.29, 1.82) is 0 Å². The molecule has 1 fully saturated rings. The van der Waals surface area contributed by atoms with Crippen LogP contribution in [0.4, 0.5) is 0 Å². The molecular formula is C17H22N4O2. The topological polar surface area (TPSA) is 60.2 Å². The van der Waals surface area contributed by atoms with E-state index in [9.17, 15) is 4.79 Å². The molecule has 0 saturated carbocycles. The summed E-state index contributed by atoms with van der Waals surface area (Å²) in [5.41, 5.74) is 2.44. The normalized spacial score (nSPS) is 17.5. The molecule has 3 heterocycles. The maximum atomic E-state index is 12.8. The van der Waals surface area contributed by atoms with Crippen LogP contribution in [0.15, 0.2) is 24.5 Å². The van der Waals surface area contributed by atoms with Crippen molar-refractivity contribution in [2.24, 2.45) is 7.05 Å². The van der Waals surface area contributed by atoms with Gasteiger partial charge in [0, 0.05) is 25.5 Å². The Labute approximate surface area is 136 Å². The van der Waals surface area contributed by atoms with Gasteiger partial charge in [-0.1, -0.05) is 0 Å². The minimum Gasteiger partial charge on any atom is -0.490 e. The molecule has 6 nitrogen and oxygen atoms in total. The van der Waals surface area contributed by atoms with Gasteiger partial charge in [-0.3, -0.25) is 14.5 Å². The molecule has 0 aliphatic carbocycles. The van der Waals surface area contributed by atoms with Crippen LogP contribution in [-0.2, 0) is 7.05 Å². The lowest BCUT2D eigenvalue weighted by atomic mass is 10.2. The zero-order valence-corrected chi connectivity index (χ0v) is 13.8. The summed E-state index contributed by atoms with van der Waals surface area (Å²) in [6.07, 6.45) is 5.37. The molecule has 122 valence electrons. The number of carbonyl (C=O) groups is 1. The first kappa shape index (κ1) is 15.5. The molecule has 0 N–H and O–H groups in total. The van der Waals surface area contributed by atoms with Crippen molar-refractivity contribution in [3.05, 3.63) is 41.5 Å². The number of aryl methyl sites for hydroxylation is 2. The van der Waals surface area contributed by atoms with Crippen LogP contribution < -0.4 is 4.74 Å². The van der Waals surface area contributed by atoms with Gasteiger partial charge in [0.2, 0.25) is 0 Å². The maximum absolute atomic E-state index is 12.8. The van der Waals surface area contributed by atoms with E-state index in [1.807, 2.05) is 37.9 Å². The van der Waals surface area contributed by atoms with Crippen molar-refractivity contribution in [1.82, 2.24) is 19.7 Å². The van der Waals surface area contributed by atoms with Gasteiger partial charge in [-0.15, -0.1) is 0 Å². The van der Waals surface area contributed by atoms with E-state index in [0.717, 1.165) is 36.5 Å². The molecule has 1 aliphatic rings. The number of rotatable bonds is 4. The summed E-state index contributed by atoms with van der Waals surface area (Å²) in [6.45, 7) is 5.11. The highest BCUT2D eigenvalue weighted by molar-refractivity contribution is 5.95. The van der Waals surface area contributed by atoms with Gasteiger partial charge in [-0.25, -0.2) is 0 Å². The first-order chi connectivity index (χ1) is 11.1. The summed E-state index contributed by atoms with van der Waals surface area (Å²) in [6, 6.07) is 3.87. The van der Waals surface area contributed by atoms with Crippen LogP contribution in [0.3, 0.4) is 0 Å². The minimum absolute atomic E-state index is 0.0459. The molecule has 0 aromatic carbocycles. The number of likely N-dealkylation sites (tertiary alicyclic amines) is 1. The largest absolute Gasteiger partial charge is 0.490 e. The van der Waals surface area contributed by atoms with Gasteiger partial charge in [-0.2, -0.15) is 5.10 Å². The molecule has 0 spiro atoms. The number of nitrogens with zero attached hydrogens (tertiary/aromatic N) is 4. The number of pyridine rings is 1. The fraction of sp³-hybridized carbons (Fsp3) is 0.471. The summed E-state index contributed by atoms with van der Waals surface area (Å²) in [4.78, 5) is 18.9. The number of aromatic nitrogens is 3. The van der Waals surface area contributed by atoms with E-state index in [4.69, 9.17) is 4.74 Å². The summed E-state index contributed by atoms with van der Waals surface area (Å²) in [7, 11) is 1.85. The van der Waals surface area contributed by atoms with Crippen LogP contribution in [0.1, 0.15) is 34.6 Å². The van der Waals surface area contributed by atoms with Crippen molar-refractivity contribution in [2.75, 3.05) is 13.2 Å². The predicted octanol–water partition coefficient (Wildman–Crippen LogP) is 2.12. The average molecular weight is 314 g/mol. The summed E-state index contributed by atoms with van der Waals surface area (Å²) in [5, 5.41) is 4.17. The summed E-state index contributed by atoms with van der Waals surface area (Å²) < 4.78 is 7.63. The van der Waals surface area contributed by atoms with Crippen molar-refractivity contribution in [2.45, 2.75) is 32.7 Å². The third-order valence-electron chi connectivity index (χ3n) is 4.49. The Kier molecular flexibility index (Phi) is 4.32. The fourth-order valence-corrected chi connectivity index (χ4v) is 2.95. The number of carbonyl (C=O) groups excluding carboxylic acids is 1. The molecule has 0 unspecified atom stereocenters. The van der Waals surface area contributed by atoms with Gasteiger partial charge in [0.25, 0.3) is 5.91 Å². The first-order valence-electron chi connectivity index (χ1n) is 7.92. The van der Waals surface area contributed by atoms with E-state index >= 15 is 0 Å². The van der Waals surface area contributed by atoms with Crippen LogP contribution in [-0.4, -0.2) is 44.8 Å². The second kappa shape index (κ2) is 6.40. The Morgan fingerprint density at radius 3 is 2.96 bits per heavy atom. The van der Waals surface area contributed by atoms with Crippen molar-refractivity contribution in [3.8, 4) is 5.75 Å². The van der Waals surface area contributed by atoms with Gasteiger partial charge in [0.05, 0.1) is 23.5 Å². The highest BCUT2D eigenvalue weighted by Gasteiger charge is 2.31.